The predicted molar refractivity (Wildman–Crippen MR) is 77.3 cm³/mol. The Hall–Kier alpha value is -0.650. The molecular formula is C15H28N2O3. The fourth-order valence-corrected chi connectivity index (χ4v) is 3.88. The zero-order valence-electron chi connectivity index (χ0n) is 13.1. The van der Waals surface area contributed by atoms with Gasteiger partial charge in [0.25, 0.3) is 0 Å². The standard InChI is InChI=1S/C15H28N2O3/c1-5-17(8-10-19-4)13(18)15(16)11-7-6-9-20-12(11)14(15,2)3/h11-12H,5-10,16H2,1-4H3. The molecule has 1 aliphatic heterocycles. The highest BCUT2D eigenvalue weighted by Crippen LogP contribution is 2.57. The fraction of sp³-hybridized carbons (Fsp3) is 0.933. The first-order valence-electron chi connectivity index (χ1n) is 7.60. The third-order valence-corrected chi connectivity index (χ3v) is 5.27. The predicted octanol–water partition coefficient (Wildman–Crippen LogP) is 1.01. The van der Waals surface area contributed by atoms with Gasteiger partial charge in [-0.2, -0.15) is 0 Å². The molecule has 2 fully saturated rings. The van der Waals surface area contributed by atoms with Gasteiger partial charge in [-0.15, -0.1) is 0 Å². The normalized spacial score (nSPS) is 35.0. The number of carbonyl (C=O) groups excluding carboxylic acids is 1. The highest BCUT2D eigenvalue weighted by molar-refractivity contribution is 5.89. The van der Waals surface area contributed by atoms with Crippen LogP contribution in [-0.4, -0.2) is 55.9 Å². The van der Waals surface area contributed by atoms with Crippen LogP contribution in [0.1, 0.15) is 33.6 Å². The van der Waals surface area contributed by atoms with E-state index < -0.39 is 5.54 Å². The van der Waals surface area contributed by atoms with Gasteiger partial charge < -0.3 is 20.1 Å². The molecule has 1 heterocycles. The molecule has 1 saturated carbocycles. The Kier molecular flexibility index (Phi) is 4.42. The van der Waals surface area contributed by atoms with Gasteiger partial charge in [-0.05, 0) is 19.8 Å². The molecule has 2 N–H and O–H groups in total. The van der Waals surface area contributed by atoms with Crippen molar-refractivity contribution in [3.05, 3.63) is 0 Å². The van der Waals surface area contributed by atoms with E-state index in [9.17, 15) is 4.79 Å². The van der Waals surface area contributed by atoms with Crippen molar-refractivity contribution in [2.24, 2.45) is 17.1 Å². The summed E-state index contributed by atoms with van der Waals surface area (Å²) in [5.41, 5.74) is 5.50. The van der Waals surface area contributed by atoms with Crippen LogP contribution < -0.4 is 5.73 Å². The average Bonchev–Trinajstić information content (AvgIpc) is 2.46. The maximum absolute atomic E-state index is 12.9. The summed E-state index contributed by atoms with van der Waals surface area (Å²) in [4.78, 5) is 14.8. The van der Waals surface area contributed by atoms with Gasteiger partial charge >= 0.3 is 0 Å². The van der Waals surface area contributed by atoms with Crippen molar-refractivity contribution in [2.75, 3.05) is 33.4 Å². The SMILES string of the molecule is CCN(CCOC)C(=O)C1(N)C2CCCOC2C1(C)C. The lowest BCUT2D eigenvalue weighted by Crippen LogP contribution is -2.82. The van der Waals surface area contributed by atoms with E-state index in [4.69, 9.17) is 15.2 Å². The Morgan fingerprint density at radius 2 is 2.20 bits per heavy atom. The molecule has 3 atom stereocenters. The van der Waals surface area contributed by atoms with Gasteiger partial charge in [0, 0.05) is 38.1 Å². The first-order chi connectivity index (χ1) is 9.41. The van der Waals surface area contributed by atoms with Gasteiger partial charge in [0.15, 0.2) is 0 Å². The highest BCUT2D eigenvalue weighted by Gasteiger charge is 2.70. The van der Waals surface area contributed by atoms with Crippen molar-refractivity contribution >= 4 is 5.91 Å². The number of methoxy groups -OCH3 is 1. The van der Waals surface area contributed by atoms with Crippen LogP contribution in [0.4, 0.5) is 0 Å². The number of nitrogens with two attached hydrogens (primary N) is 1. The third-order valence-electron chi connectivity index (χ3n) is 5.27. The summed E-state index contributed by atoms with van der Waals surface area (Å²) in [5.74, 6) is 0.198. The molecule has 0 aromatic carbocycles. The van der Waals surface area contributed by atoms with Crippen LogP contribution in [0, 0.1) is 11.3 Å². The number of hydrogen-bond donors (Lipinski definition) is 1. The molecule has 116 valence electrons. The molecule has 0 bridgehead atoms. The smallest absolute Gasteiger partial charge is 0.243 e. The van der Waals surface area contributed by atoms with Crippen LogP contribution in [0.15, 0.2) is 0 Å². The highest BCUT2D eigenvalue weighted by atomic mass is 16.5. The van der Waals surface area contributed by atoms with Crippen LogP contribution in [0.5, 0.6) is 0 Å². The van der Waals surface area contributed by atoms with Crippen LogP contribution >= 0.6 is 0 Å². The van der Waals surface area contributed by atoms with Gasteiger partial charge in [-0.25, -0.2) is 0 Å². The summed E-state index contributed by atoms with van der Waals surface area (Å²) in [6.45, 7) is 8.69. The minimum absolute atomic E-state index is 0.0498. The zero-order chi connectivity index (χ0) is 15.0. The zero-order valence-corrected chi connectivity index (χ0v) is 13.1. The van der Waals surface area contributed by atoms with Crippen molar-refractivity contribution in [3.8, 4) is 0 Å². The van der Waals surface area contributed by atoms with Crippen molar-refractivity contribution in [1.82, 2.24) is 4.90 Å². The third kappa shape index (κ3) is 2.07. The van der Waals surface area contributed by atoms with E-state index in [0.29, 0.717) is 19.7 Å². The maximum atomic E-state index is 12.9. The monoisotopic (exact) mass is 284 g/mol. The van der Waals surface area contributed by atoms with E-state index in [0.717, 1.165) is 19.4 Å². The van der Waals surface area contributed by atoms with Gasteiger partial charge in [-0.1, -0.05) is 13.8 Å². The number of fused-ring (bicyclic) bond motifs is 1. The summed E-state index contributed by atoms with van der Waals surface area (Å²) < 4.78 is 10.9. The average molecular weight is 284 g/mol. The van der Waals surface area contributed by atoms with Crippen LogP contribution in [-0.2, 0) is 14.3 Å². The minimum atomic E-state index is -0.804. The Morgan fingerprint density at radius 3 is 2.80 bits per heavy atom. The molecule has 0 aromatic rings. The van der Waals surface area contributed by atoms with Gasteiger partial charge in [-0.3, -0.25) is 4.79 Å². The number of carbonyl (C=O) groups is 1. The molecule has 1 aliphatic carbocycles. The Morgan fingerprint density at radius 1 is 1.50 bits per heavy atom. The molecule has 1 amide bonds. The van der Waals surface area contributed by atoms with Crippen LogP contribution in [0.3, 0.4) is 0 Å². The Bertz CT molecular complexity index is 372. The number of hydrogen-bond acceptors (Lipinski definition) is 4. The first kappa shape index (κ1) is 15.7. The second kappa shape index (κ2) is 5.62. The van der Waals surface area contributed by atoms with E-state index in [1.54, 1.807) is 7.11 Å². The second-order valence-electron chi connectivity index (χ2n) is 6.51. The fourth-order valence-electron chi connectivity index (χ4n) is 3.88. The van der Waals surface area contributed by atoms with E-state index in [2.05, 4.69) is 13.8 Å². The van der Waals surface area contributed by atoms with Crippen molar-refractivity contribution < 1.29 is 14.3 Å². The van der Waals surface area contributed by atoms with Crippen LogP contribution in [0.25, 0.3) is 0 Å². The van der Waals surface area contributed by atoms with Crippen molar-refractivity contribution in [3.63, 3.8) is 0 Å². The van der Waals surface area contributed by atoms with Gasteiger partial charge in [0.05, 0.1) is 12.7 Å². The molecule has 0 spiro atoms. The van der Waals surface area contributed by atoms with E-state index in [1.807, 2.05) is 11.8 Å². The minimum Gasteiger partial charge on any atom is -0.383 e. The largest absolute Gasteiger partial charge is 0.383 e. The van der Waals surface area contributed by atoms with E-state index in [1.165, 1.54) is 0 Å². The molecule has 1 saturated heterocycles. The summed E-state index contributed by atoms with van der Waals surface area (Å²) in [5, 5.41) is 0. The number of nitrogens with zero attached hydrogens (tertiary/aromatic N) is 1. The number of likely N-dealkylation sites (N-methyl/N-ethyl adjacent to an activating group) is 1. The van der Waals surface area contributed by atoms with Crippen LogP contribution in [0.2, 0.25) is 0 Å². The van der Waals surface area contributed by atoms with Gasteiger partial charge in [0.2, 0.25) is 5.91 Å². The summed E-state index contributed by atoms with van der Waals surface area (Å²) in [6.07, 6.45) is 2.09. The lowest BCUT2D eigenvalue weighted by Gasteiger charge is -2.65. The molecular weight excluding hydrogens is 256 g/mol. The Balaban J connectivity index is 2.18. The van der Waals surface area contributed by atoms with E-state index >= 15 is 0 Å². The molecule has 5 heteroatoms. The Labute approximate surface area is 121 Å². The quantitative estimate of drug-likeness (QED) is 0.818. The van der Waals surface area contributed by atoms with Crippen molar-refractivity contribution in [2.45, 2.75) is 45.3 Å². The first-order valence-corrected chi connectivity index (χ1v) is 7.60. The maximum Gasteiger partial charge on any atom is 0.243 e. The summed E-state index contributed by atoms with van der Waals surface area (Å²) in [6, 6.07) is 0. The molecule has 3 unspecified atom stereocenters. The lowest BCUT2D eigenvalue weighted by atomic mass is 9.46. The molecule has 2 rings (SSSR count). The number of amides is 1. The van der Waals surface area contributed by atoms with E-state index in [-0.39, 0.29) is 23.3 Å². The molecule has 2 aliphatic rings. The van der Waals surface area contributed by atoms with Gasteiger partial charge in [0.1, 0.15) is 5.54 Å². The number of ether oxygens (including phenoxy) is 2. The summed E-state index contributed by atoms with van der Waals surface area (Å²) in [7, 11) is 1.65. The molecule has 20 heavy (non-hydrogen) atoms. The lowest BCUT2D eigenvalue weighted by molar-refractivity contribution is -0.230. The molecule has 0 aromatic heterocycles. The summed E-state index contributed by atoms with van der Waals surface area (Å²) >= 11 is 0. The molecule has 5 nitrogen and oxygen atoms in total. The number of rotatable bonds is 5. The second-order valence-corrected chi connectivity index (χ2v) is 6.51. The molecule has 0 radical (unpaired) electrons. The topological polar surface area (TPSA) is 64.8 Å². The van der Waals surface area contributed by atoms with Crippen molar-refractivity contribution in [1.29, 1.82) is 0 Å².